The van der Waals surface area contributed by atoms with E-state index in [1.165, 1.54) is 6.07 Å². The molecule has 0 atom stereocenters. The van der Waals surface area contributed by atoms with Crippen molar-refractivity contribution in [2.24, 2.45) is 7.05 Å². The largest absolute Gasteiger partial charge is 0.296 e. The Hall–Kier alpha value is -3.16. The molecule has 0 saturated heterocycles. The van der Waals surface area contributed by atoms with Gasteiger partial charge in [0.15, 0.2) is 0 Å². The smallest absolute Gasteiger partial charge is 0.261 e. The van der Waals surface area contributed by atoms with Crippen LogP contribution in [0.4, 0.5) is 5.69 Å². The Morgan fingerprint density at radius 1 is 1.21 bits per heavy atom. The molecule has 0 unspecified atom stereocenters. The maximum atomic E-state index is 11.5. The van der Waals surface area contributed by atoms with E-state index in [1.807, 2.05) is 13.0 Å². The zero-order chi connectivity index (χ0) is 17.3. The lowest BCUT2D eigenvalue weighted by Crippen LogP contribution is -1.99. The summed E-state index contributed by atoms with van der Waals surface area (Å²) < 4.78 is 1.58. The Morgan fingerprint density at radius 2 is 1.96 bits per heavy atom. The van der Waals surface area contributed by atoms with Gasteiger partial charge in [-0.25, -0.2) is 9.67 Å². The first-order valence-electron chi connectivity index (χ1n) is 7.47. The van der Waals surface area contributed by atoms with Gasteiger partial charge >= 0.3 is 0 Å². The average Bonchev–Trinajstić information content (AvgIpc) is 2.93. The molecule has 0 N–H and O–H groups in total. The lowest BCUT2D eigenvalue weighted by atomic mass is 10.1. The van der Waals surface area contributed by atoms with E-state index in [4.69, 9.17) is 0 Å². The number of rotatable bonds is 4. The molecule has 0 amide bonds. The number of aryl methyl sites for hydroxylation is 3. The Kier molecular flexibility index (Phi) is 4.03. The fourth-order valence-electron chi connectivity index (χ4n) is 2.57. The molecule has 0 spiro atoms. The van der Waals surface area contributed by atoms with E-state index < -0.39 is 4.92 Å². The highest BCUT2D eigenvalue weighted by atomic mass is 16.6. The summed E-state index contributed by atoms with van der Waals surface area (Å²) in [6.07, 6.45) is 4.02. The maximum absolute atomic E-state index is 11.5. The Balaban J connectivity index is 2.13. The van der Waals surface area contributed by atoms with Gasteiger partial charge < -0.3 is 0 Å². The predicted molar refractivity (Wildman–Crippen MR) is 88.2 cm³/mol. The normalized spacial score (nSPS) is 10.8. The minimum atomic E-state index is -0.432. The Labute approximate surface area is 138 Å². The van der Waals surface area contributed by atoms with Gasteiger partial charge in [-0.3, -0.25) is 15.1 Å². The first-order valence-corrected chi connectivity index (χ1v) is 7.47. The molecular formula is C16H16N6O2. The highest BCUT2D eigenvalue weighted by molar-refractivity contribution is 5.74. The molecule has 8 nitrogen and oxygen atoms in total. The number of nitro groups is 1. The second-order valence-electron chi connectivity index (χ2n) is 5.39. The first-order chi connectivity index (χ1) is 11.5. The van der Waals surface area contributed by atoms with Gasteiger partial charge in [-0.05, 0) is 25.5 Å². The lowest BCUT2D eigenvalue weighted by molar-refractivity contribution is -0.384. The predicted octanol–water partition coefficient (Wildman–Crippen LogP) is 2.72. The molecule has 3 aromatic rings. The molecule has 0 bridgehead atoms. The summed E-state index contributed by atoms with van der Waals surface area (Å²) in [5, 5.41) is 19.4. The van der Waals surface area contributed by atoms with Crippen molar-refractivity contribution < 1.29 is 4.92 Å². The van der Waals surface area contributed by atoms with Gasteiger partial charge in [-0.1, -0.05) is 12.1 Å². The van der Waals surface area contributed by atoms with Crippen LogP contribution in [0.3, 0.4) is 0 Å². The molecule has 3 rings (SSSR count). The van der Waals surface area contributed by atoms with Crippen LogP contribution in [0.2, 0.25) is 0 Å². The Morgan fingerprint density at radius 3 is 2.50 bits per heavy atom. The molecule has 0 aliphatic heterocycles. The van der Waals surface area contributed by atoms with Gasteiger partial charge in [0.05, 0.1) is 16.3 Å². The average molecular weight is 324 g/mol. The second kappa shape index (κ2) is 6.15. The van der Waals surface area contributed by atoms with Crippen molar-refractivity contribution in [3.05, 3.63) is 52.1 Å². The van der Waals surface area contributed by atoms with Crippen LogP contribution in [0.5, 0.6) is 0 Å². The molecule has 0 radical (unpaired) electrons. The molecular weight excluding hydrogens is 308 g/mol. The van der Waals surface area contributed by atoms with Crippen molar-refractivity contribution in [2.45, 2.75) is 20.3 Å². The van der Waals surface area contributed by atoms with E-state index in [9.17, 15) is 10.1 Å². The first kappa shape index (κ1) is 15.7. The molecule has 122 valence electrons. The summed E-state index contributed by atoms with van der Waals surface area (Å²) in [4.78, 5) is 19.7. The van der Waals surface area contributed by atoms with Crippen LogP contribution < -0.4 is 0 Å². The van der Waals surface area contributed by atoms with Crippen molar-refractivity contribution >= 4 is 5.69 Å². The highest BCUT2D eigenvalue weighted by Gasteiger charge is 2.21. The third-order valence-corrected chi connectivity index (χ3v) is 3.79. The van der Waals surface area contributed by atoms with Crippen molar-refractivity contribution in [1.29, 1.82) is 0 Å². The molecule has 0 aliphatic carbocycles. The van der Waals surface area contributed by atoms with E-state index in [1.54, 1.807) is 37.1 Å². The zero-order valence-corrected chi connectivity index (χ0v) is 13.6. The van der Waals surface area contributed by atoms with Crippen molar-refractivity contribution in [2.75, 3.05) is 0 Å². The molecule has 0 aliphatic rings. The fraction of sp³-hybridized carbons (Fsp3) is 0.250. The SMILES string of the molecule is CCc1ccc(-c2ncc(-c3c(C)nnn3C)cc2[N+](=O)[O-])cn1. The maximum Gasteiger partial charge on any atom is 0.296 e. The number of hydrogen-bond donors (Lipinski definition) is 0. The van der Waals surface area contributed by atoms with E-state index in [0.717, 1.165) is 12.1 Å². The standard InChI is InChI=1S/C16H16N6O2/c1-4-13-6-5-11(8-17-13)15-14(22(23)24)7-12(9-18-15)16-10(2)19-20-21(16)3/h5-9H,4H2,1-3H3. The topological polar surface area (TPSA) is 99.6 Å². The van der Waals surface area contributed by atoms with Gasteiger partial charge in [-0.2, -0.15) is 0 Å². The summed E-state index contributed by atoms with van der Waals surface area (Å²) >= 11 is 0. The van der Waals surface area contributed by atoms with Crippen molar-refractivity contribution in [3.63, 3.8) is 0 Å². The molecule has 3 aromatic heterocycles. The van der Waals surface area contributed by atoms with Crippen LogP contribution in [-0.2, 0) is 13.5 Å². The van der Waals surface area contributed by atoms with Gasteiger partial charge in [0, 0.05) is 42.3 Å². The van der Waals surface area contributed by atoms with Crippen LogP contribution in [0.1, 0.15) is 18.3 Å². The molecule has 0 fully saturated rings. The Bertz CT molecular complexity index is 882. The third kappa shape index (κ3) is 2.73. The molecule has 8 heteroatoms. The monoisotopic (exact) mass is 324 g/mol. The van der Waals surface area contributed by atoms with Crippen molar-refractivity contribution in [3.8, 4) is 22.5 Å². The van der Waals surface area contributed by atoms with Crippen LogP contribution in [-0.4, -0.2) is 29.9 Å². The van der Waals surface area contributed by atoms with Gasteiger partial charge in [0.2, 0.25) is 0 Å². The van der Waals surface area contributed by atoms with E-state index in [-0.39, 0.29) is 5.69 Å². The van der Waals surface area contributed by atoms with E-state index in [0.29, 0.717) is 28.2 Å². The molecule has 0 aromatic carbocycles. The number of pyridine rings is 2. The highest BCUT2D eigenvalue weighted by Crippen LogP contribution is 2.32. The molecule has 24 heavy (non-hydrogen) atoms. The fourth-order valence-corrected chi connectivity index (χ4v) is 2.57. The van der Waals surface area contributed by atoms with Crippen LogP contribution >= 0.6 is 0 Å². The van der Waals surface area contributed by atoms with E-state index in [2.05, 4.69) is 20.3 Å². The van der Waals surface area contributed by atoms with Crippen LogP contribution in [0.25, 0.3) is 22.5 Å². The quantitative estimate of drug-likeness (QED) is 0.540. The lowest BCUT2D eigenvalue weighted by Gasteiger charge is -2.06. The van der Waals surface area contributed by atoms with Crippen molar-refractivity contribution in [1.82, 2.24) is 25.0 Å². The summed E-state index contributed by atoms with van der Waals surface area (Å²) in [5.74, 6) is 0. The zero-order valence-electron chi connectivity index (χ0n) is 13.6. The number of nitrogens with zero attached hydrogens (tertiary/aromatic N) is 6. The van der Waals surface area contributed by atoms with E-state index >= 15 is 0 Å². The molecule has 0 saturated carbocycles. The van der Waals surface area contributed by atoms with Crippen LogP contribution in [0.15, 0.2) is 30.6 Å². The molecule has 3 heterocycles. The summed E-state index contributed by atoms with van der Waals surface area (Å²) in [6.45, 7) is 3.80. The minimum absolute atomic E-state index is 0.0702. The summed E-state index contributed by atoms with van der Waals surface area (Å²) in [6, 6.07) is 5.16. The number of aromatic nitrogens is 5. The third-order valence-electron chi connectivity index (χ3n) is 3.79. The second-order valence-corrected chi connectivity index (χ2v) is 5.39. The van der Waals surface area contributed by atoms with Gasteiger partial charge in [0.25, 0.3) is 5.69 Å². The number of hydrogen-bond acceptors (Lipinski definition) is 6. The summed E-state index contributed by atoms with van der Waals surface area (Å²) in [5.41, 5.74) is 3.77. The van der Waals surface area contributed by atoms with Crippen LogP contribution in [0, 0.1) is 17.0 Å². The summed E-state index contributed by atoms with van der Waals surface area (Å²) in [7, 11) is 1.74. The van der Waals surface area contributed by atoms with Gasteiger partial charge in [-0.15, -0.1) is 5.10 Å². The minimum Gasteiger partial charge on any atom is -0.261 e. The van der Waals surface area contributed by atoms with Gasteiger partial charge in [0.1, 0.15) is 5.69 Å².